The summed E-state index contributed by atoms with van der Waals surface area (Å²) in [6.45, 7) is 2.06. The van der Waals surface area contributed by atoms with Crippen LogP contribution in [0.25, 0.3) is 0 Å². The van der Waals surface area contributed by atoms with Gasteiger partial charge in [-0.1, -0.05) is 11.6 Å². The van der Waals surface area contributed by atoms with E-state index < -0.39 is 5.97 Å². The zero-order valence-corrected chi connectivity index (χ0v) is 12.1. The molecule has 0 spiro atoms. The molecule has 0 saturated heterocycles. The quantitative estimate of drug-likeness (QED) is 0.696. The molecule has 5 nitrogen and oxygen atoms in total. The summed E-state index contributed by atoms with van der Waals surface area (Å²) in [6.07, 6.45) is 1.51. The number of rotatable bonds is 4. The van der Waals surface area contributed by atoms with Gasteiger partial charge in [0.15, 0.2) is 0 Å². The maximum absolute atomic E-state index is 12.0. The molecule has 0 radical (unpaired) electrons. The van der Waals surface area contributed by atoms with E-state index in [0.717, 1.165) is 0 Å². The molecule has 1 amide bonds. The minimum atomic E-state index is -0.398. The third kappa shape index (κ3) is 3.79. The van der Waals surface area contributed by atoms with Crippen LogP contribution in [-0.4, -0.2) is 23.5 Å². The zero-order valence-electron chi connectivity index (χ0n) is 11.3. The Bertz CT molecular complexity index is 656. The van der Waals surface area contributed by atoms with Crippen molar-refractivity contribution in [1.82, 2.24) is 4.98 Å². The molecule has 2 aromatic rings. The number of nitrogens with zero attached hydrogens (tertiary/aromatic N) is 1. The van der Waals surface area contributed by atoms with Crippen LogP contribution in [0.15, 0.2) is 42.6 Å². The molecule has 0 aliphatic carbocycles. The Morgan fingerprint density at radius 2 is 1.95 bits per heavy atom. The van der Waals surface area contributed by atoms with E-state index in [1.54, 1.807) is 43.3 Å². The molecule has 0 atom stereocenters. The molecule has 2 rings (SSSR count). The van der Waals surface area contributed by atoms with E-state index in [1.807, 2.05) is 0 Å². The molecule has 1 aromatic heterocycles. The van der Waals surface area contributed by atoms with Gasteiger partial charge in [-0.05, 0) is 43.3 Å². The van der Waals surface area contributed by atoms with Gasteiger partial charge in [0, 0.05) is 11.9 Å². The van der Waals surface area contributed by atoms with E-state index in [4.69, 9.17) is 16.3 Å². The lowest BCUT2D eigenvalue weighted by molar-refractivity contribution is 0.0526. The highest BCUT2D eigenvalue weighted by atomic mass is 35.5. The average Bonchev–Trinajstić information content (AvgIpc) is 2.48. The van der Waals surface area contributed by atoms with Crippen LogP contribution in [0, 0.1) is 0 Å². The van der Waals surface area contributed by atoms with Crippen LogP contribution < -0.4 is 5.32 Å². The second-order valence-electron chi connectivity index (χ2n) is 4.09. The molecule has 0 unspecified atom stereocenters. The van der Waals surface area contributed by atoms with Gasteiger partial charge >= 0.3 is 5.97 Å². The van der Waals surface area contributed by atoms with Crippen molar-refractivity contribution in [3.8, 4) is 0 Å². The average molecular weight is 305 g/mol. The number of halogens is 1. The summed E-state index contributed by atoms with van der Waals surface area (Å²) in [5, 5.41) is 2.82. The van der Waals surface area contributed by atoms with E-state index in [1.165, 1.54) is 6.20 Å². The number of aromatic nitrogens is 1. The molecule has 108 valence electrons. The van der Waals surface area contributed by atoms with Crippen LogP contribution in [0.4, 0.5) is 5.69 Å². The van der Waals surface area contributed by atoms with Crippen molar-refractivity contribution >= 4 is 29.2 Å². The van der Waals surface area contributed by atoms with Crippen molar-refractivity contribution in [1.29, 1.82) is 0 Å². The summed E-state index contributed by atoms with van der Waals surface area (Å²) in [5.74, 6) is -0.761. The van der Waals surface area contributed by atoms with Crippen molar-refractivity contribution in [2.24, 2.45) is 0 Å². The lowest BCUT2D eigenvalue weighted by Crippen LogP contribution is -2.13. The number of benzene rings is 1. The first kappa shape index (κ1) is 15.0. The van der Waals surface area contributed by atoms with Gasteiger partial charge < -0.3 is 10.1 Å². The van der Waals surface area contributed by atoms with Crippen molar-refractivity contribution in [3.05, 3.63) is 58.9 Å². The van der Waals surface area contributed by atoms with E-state index in [0.29, 0.717) is 17.9 Å². The van der Waals surface area contributed by atoms with Gasteiger partial charge in [-0.3, -0.25) is 4.79 Å². The monoisotopic (exact) mass is 304 g/mol. The fourth-order valence-electron chi connectivity index (χ4n) is 1.66. The molecule has 1 N–H and O–H groups in total. The zero-order chi connectivity index (χ0) is 15.2. The predicted molar refractivity (Wildman–Crippen MR) is 79.6 cm³/mol. The highest BCUT2D eigenvalue weighted by Crippen LogP contribution is 2.15. The number of esters is 1. The fourth-order valence-corrected chi connectivity index (χ4v) is 1.86. The molecule has 1 heterocycles. The molecule has 0 saturated carbocycles. The third-order valence-corrected chi connectivity index (χ3v) is 2.96. The van der Waals surface area contributed by atoms with Crippen LogP contribution in [0.2, 0.25) is 5.15 Å². The molecule has 0 bridgehead atoms. The standard InChI is InChI=1S/C15H13ClN2O3/c1-2-21-15(20)10-5-7-11(8-6-10)18-14(19)12-4-3-9-17-13(12)16/h3-9H,2H2,1H3,(H,18,19). The number of carbonyl (C=O) groups excluding carboxylic acids is 2. The van der Waals surface area contributed by atoms with Gasteiger partial charge in [-0.25, -0.2) is 9.78 Å². The number of hydrogen-bond donors (Lipinski definition) is 1. The normalized spacial score (nSPS) is 10.0. The summed E-state index contributed by atoms with van der Waals surface area (Å²) >= 11 is 5.85. The largest absolute Gasteiger partial charge is 0.462 e. The van der Waals surface area contributed by atoms with E-state index >= 15 is 0 Å². The van der Waals surface area contributed by atoms with Crippen LogP contribution in [0.5, 0.6) is 0 Å². The maximum atomic E-state index is 12.0. The number of amides is 1. The first-order valence-corrected chi connectivity index (χ1v) is 6.68. The van der Waals surface area contributed by atoms with Crippen LogP contribution in [-0.2, 0) is 4.74 Å². The summed E-state index contributed by atoms with van der Waals surface area (Å²) in [7, 11) is 0. The van der Waals surface area contributed by atoms with Gasteiger partial charge in [0.1, 0.15) is 5.15 Å². The predicted octanol–water partition coefficient (Wildman–Crippen LogP) is 3.16. The Labute approximate surface area is 126 Å². The minimum absolute atomic E-state index is 0.137. The molecule has 21 heavy (non-hydrogen) atoms. The second kappa shape index (κ2) is 6.85. The van der Waals surface area contributed by atoms with Gasteiger partial charge in [-0.15, -0.1) is 0 Å². The molecule has 0 aliphatic heterocycles. The van der Waals surface area contributed by atoms with E-state index in [-0.39, 0.29) is 16.6 Å². The van der Waals surface area contributed by atoms with Crippen LogP contribution in [0.1, 0.15) is 27.6 Å². The number of carbonyl (C=O) groups is 2. The first-order chi connectivity index (χ1) is 10.1. The number of pyridine rings is 1. The fraction of sp³-hybridized carbons (Fsp3) is 0.133. The summed E-state index contributed by atoms with van der Waals surface area (Å²) in [6, 6.07) is 9.61. The molecule has 0 aliphatic rings. The summed E-state index contributed by atoms with van der Waals surface area (Å²) in [4.78, 5) is 27.4. The van der Waals surface area contributed by atoms with Gasteiger partial charge in [0.2, 0.25) is 0 Å². The molecule has 6 heteroatoms. The Morgan fingerprint density at radius 1 is 1.24 bits per heavy atom. The van der Waals surface area contributed by atoms with Crippen molar-refractivity contribution < 1.29 is 14.3 Å². The Hall–Kier alpha value is -2.40. The SMILES string of the molecule is CCOC(=O)c1ccc(NC(=O)c2cccnc2Cl)cc1. The van der Waals surface area contributed by atoms with E-state index in [9.17, 15) is 9.59 Å². The van der Waals surface area contributed by atoms with Gasteiger partial charge in [0.05, 0.1) is 17.7 Å². The number of ether oxygens (including phenoxy) is 1. The highest BCUT2D eigenvalue weighted by Gasteiger charge is 2.11. The molecular formula is C15H13ClN2O3. The Morgan fingerprint density at radius 3 is 2.57 bits per heavy atom. The smallest absolute Gasteiger partial charge is 0.338 e. The maximum Gasteiger partial charge on any atom is 0.338 e. The molecular weight excluding hydrogens is 292 g/mol. The van der Waals surface area contributed by atoms with Crippen LogP contribution in [0.3, 0.4) is 0 Å². The third-order valence-electron chi connectivity index (χ3n) is 2.66. The lowest BCUT2D eigenvalue weighted by Gasteiger charge is -2.07. The topological polar surface area (TPSA) is 68.3 Å². The first-order valence-electron chi connectivity index (χ1n) is 6.31. The van der Waals surface area contributed by atoms with Crippen molar-refractivity contribution in [2.75, 3.05) is 11.9 Å². The molecule has 1 aromatic carbocycles. The van der Waals surface area contributed by atoms with Crippen molar-refractivity contribution in [2.45, 2.75) is 6.92 Å². The minimum Gasteiger partial charge on any atom is -0.462 e. The summed E-state index contributed by atoms with van der Waals surface area (Å²) in [5.41, 5.74) is 1.26. The van der Waals surface area contributed by atoms with Crippen LogP contribution >= 0.6 is 11.6 Å². The van der Waals surface area contributed by atoms with E-state index in [2.05, 4.69) is 10.3 Å². The van der Waals surface area contributed by atoms with Crippen molar-refractivity contribution in [3.63, 3.8) is 0 Å². The highest BCUT2D eigenvalue weighted by molar-refractivity contribution is 6.33. The number of hydrogen-bond acceptors (Lipinski definition) is 4. The van der Waals surface area contributed by atoms with Gasteiger partial charge in [0.25, 0.3) is 5.91 Å². The Balaban J connectivity index is 2.09. The number of anilines is 1. The number of nitrogens with one attached hydrogen (secondary N) is 1. The second-order valence-corrected chi connectivity index (χ2v) is 4.45. The summed E-state index contributed by atoms with van der Waals surface area (Å²) < 4.78 is 4.88. The molecule has 0 fully saturated rings. The van der Waals surface area contributed by atoms with Gasteiger partial charge in [-0.2, -0.15) is 0 Å². The Kier molecular flexibility index (Phi) is 4.90. The lowest BCUT2D eigenvalue weighted by atomic mass is 10.2.